The Morgan fingerprint density at radius 1 is 1.42 bits per heavy atom. The van der Waals surface area contributed by atoms with E-state index in [1.807, 2.05) is 18.9 Å². The summed E-state index contributed by atoms with van der Waals surface area (Å²) in [6.45, 7) is 4.21. The molecule has 134 valence electrons. The summed E-state index contributed by atoms with van der Waals surface area (Å²) in [5.41, 5.74) is 1.43. The number of nitrogens with zero attached hydrogens (tertiary/aromatic N) is 2. The molecular formula is C16H20ClF3N2O2. The van der Waals surface area contributed by atoms with Gasteiger partial charge in [-0.2, -0.15) is 13.2 Å². The van der Waals surface area contributed by atoms with Crippen LogP contribution in [0.15, 0.2) is 17.1 Å². The standard InChI is InChI=1S/C16H20ClF3N2O2/c1-4-22(3)10-21-14-9-13(17)12(8-11(14)2)15(23)24-7-5-6-16(18,19)20/h8-10H,4-7H2,1-3H3/b21-10+. The van der Waals surface area contributed by atoms with Crippen LogP contribution in [0.5, 0.6) is 0 Å². The number of aliphatic imine (C=N–C) groups is 1. The summed E-state index contributed by atoms with van der Waals surface area (Å²) in [5.74, 6) is -0.744. The fourth-order valence-electron chi connectivity index (χ4n) is 1.72. The first-order valence-corrected chi connectivity index (χ1v) is 7.80. The second-order valence-electron chi connectivity index (χ2n) is 5.29. The lowest BCUT2D eigenvalue weighted by molar-refractivity contribution is -0.137. The Balaban J connectivity index is 2.74. The smallest absolute Gasteiger partial charge is 0.389 e. The Morgan fingerprint density at radius 2 is 2.08 bits per heavy atom. The molecule has 0 N–H and O–H groups in total. The third-order valence-corrected chi connectivity index (χ3v) is 3.55. The van der Waals surface area contributed by atoms with Crippen LogP contribution >= 0.6 is 11.6 Å². The van der Waals surface area contributed by atoms with Crippen LogP contribution in [0.2, 0.25) is 5.02 Å². The quantitative estimate of drug-likeness (QED) is 0.303. The number of carbonyl (C=O) groups excluding carboxylic acids is 1. The first kappa shape index (κ1) is 20.3. The summed E-state index contributed by atoms with van der Waals surface area (Å²) in [7, 11) is 1.87. The monoisotopic (exact) mass is 364 g/mol. The lowest BCUT2D eigenvalue weighted by atomic mass is 10.1. The van der Waals surface area contributed by atoms with Crippen LogP contribution in [0.25, 0.3) is 0 Å². The molecule has 0 aliphatic rings. The largest absolute Gasteiger partial charge is 0.462 e. The lowest BCUT2D eigenvalue weighted by Crippen LogP contribution is -2.14. The van der Waals surface area contributed by atoms with Gasteiger partial charge in [-0.15, -0.1) is 0 Å². The van der Waals surface area contributed by atoms with Crippen molar-refractivity contribution in [3.8, 4) is 0 Å². The zero-order valence-corrected chi connectivity index (χ0v) is 14.5. The number of benzene rings is 1. The van der Waals surface area contributed by atoms with Crippen molar-refractivity contribution in [2.45, 2.75) is 32.9 Å². The van der Waals surface area contributed by atoms with Crippen molar-refractivity contribution in [2.75, 3.05) is 20.2 Å². The Hall–Kier alpha value is -1.76. The fraction of sp³-hybridized carbons (Fsp3) is 0.500. The van der Waals surface area contributed by atoms with Crippen molar-refractivity contribution in [1.29, 1.82) is 0 Å². The van der Waals surface area contributed by atoms with Crippen molar-refractivity contribution in [1.82, 2.24) is 4.90 Å². The van der Waals surface area contributed by atoms with Crippen LogP contribution < -0.4 is 0 Å². The molecule has 8 heteroatoms. The summed E-state index contributed by atoms with van der Waals surface area (Å²) in [6.07, 6.45) is -3.89. The molecule has 0 spiro atoms. The number of carbonyl (C=O) groups is 1. The topological polar surface area (TPSA) is 41.9 Å². The minimum Gasteiger partial charge on any atom is -0.462 e. The molecule has 0 atom stereocenters. The molecule has 0 amide bonds. The van der Waals surface area contributed by atoms with E-state index in [9.17, 15) is 18.0 Å². The molecule has 0 fully saturated rings. The Bertz CT molecular complexity index is 604. The predicted molar refractivity (Wildman–Crippen MR) is 88.2 cm³/mol. The molecular weight excluding hydrogens is 345 g/mol. The SMILES string of the molecule is CCN(C)/C=N/c1cc(Cl)c(C(=O)OCCCC(F)(F)F)cc1C. The molecule has 0 saturated carbocycles. The maximum atomic E-state index is 12.0. The van der Waals surface area contributed by atoms with E-state index in [0.717, 1.165) is 6.54 Å². The van der Waals surface area contributed by atoms with Gasteiger partial charge < -0.3 is 9.64 Å². The van der Waals surface area contributed by atoms with E-state index in [4.69, 9.17) is 16.3 Å². The molecule has 1 rings (SSSR count). The number of aryl methyl sites for hydroxylation is 1. The van der Waals surface area contributed by atoms with Crippen LogP contribution in [-0.4, -0.2) is 43.6 Å². The molecule has 0 saturated heterocycles. The average Bonchev–Trinajstić information content (AvgIpc) is 2.50. The van der Waals surface area contributed by atoms with Gasteiger partial charge in [0.25, 0.3) is 0 Å². The molecule has 0 bridgehead atoms. The Morgan fingerprint density at radius 3 is 2.67 bits per heavy atom. The summed E-state index contributed by atoms with van der Waals surface area (Å²) in [4.78, 5) is 18.1. The van der Waals surface area contributed by atoms with Crippen LogP contribution in [0.1, 0.15) is 35.7 Å². The number of ether oxygens (including phenoxy) is 1. The van der Waals surface area contributed by atoms with E-state index in [-0.39, 0.29) is 23.6 Å². The highest BCUT2D eigenvalue weighted by atomic mass is 35.5. The van der Waals surface area contributed by atoms with Gasteiger partial charge in [-0.1, -0.05) is 11.6 Å². The highest BCUT2D eigenvalue weighted by Crippen LogP contribution is 2.28. The van der Waals surface area contributed by atoms with Gasteiger partial charge >= 0.3 is 12.1 Å². The van der Waals surface area contributed by atoms with Crippen LogP contribution in [0.3, 0.4) is 0 Å². The average molecular weight is 365 g/mol. The molecule has 0 aliphatic carbocycles. The van der Waals surface area contributed by atoms with Gasteiger partial charge in [-0.3, -0.25) is 0 Å². The minimum atomic E-state index is -4.26. The van der Waals surface area contributed by atoms with Gasteiger partial charge in [0.15, 0.2) is 0 Å². The molecule has 1 aromatic carbocycles. The third kappa shape index (κ3) is 6.78. The molecule has 0 aliphatic heterocycles. The van der Waals surface area contributed by atoms with E-state index in [1.165, 1.54) is 12.1 Å². The summed E-state index contributed by atoms with van der Waals surface area (Å²) >= 11 is 6.06. The van der Waals surface area contributed by atoms with E-state index in [1.54, 1.807) is 13.3 Å². The second kappa shape index (κ2) is 8.92. The first-order chi connectivity index (χ1) is 11.1. The lowest BCUT2D eigenvalue weighted by Gasteiger charge is -2.11. The summed E-state index contributed by atoms with van der Waals surface area (Å²) in [5, 5.41) is 0.146. The van der Waals surface area contributed by atoms with Crippen molar-refractivity contribution in [3.05, 3.63) is 28.3 Å². The Kier molecular flexibility index (Phi) is 7.54. The van der Waals surface area contributed by atoms with Gasteiger partial charge in [0.2, 0.25) is 0 Å². The molecule has 1 aromatic rings. The maximum Gasteiger partial charge on any atom is 0.389 e. The number of alkyl halides is 3. The van der Waals surface area contributed by atoms with Gasteiger partial charge in [0.1, 0.15) is 0 Å². The van der Waals surface area contributed by atoms with Crippen LogP contribution in [0, 0.1) is 6.92 Å². The minimum absolute atomic E-state index is 0.115. The van der Waals surface area contributed by atoms with Gasteiger partial charge in [-0.25, -0.2) is 9.79 Å². The number of rotatable bonds is 7. The second-order valence-corrected chi connectivity index (χ2v) is 5.70. The normalized spacial score (nSPS) is 11.8. The van der Waals surface area contributed by atoms with Crippen molar-refractivity contribution in [2.24, 2.45) is 4.99 Å². The number of halogens is 4. The first-order valence-electron chi connectivity index (χ1n) is 7.42. The highest BCUT2D eigenvalue weighted by Gasteiger charge is 2.26. The fourth-order valence-corrected chi connectivity index (χ4v) is 1.96. The highest BCUT2D eigenvalue weighted by molar-refractivity contribution is 6.33. The van der Waals surface area contributed by atoms with E-state index >= 15 is 0 Å². The van der Waals surface area contributed by atoms with Crippen LogP contribution in [0.4, 0.5) is 18.9 Å². The zero-order valence-electron chi connectivity index (χ0n) is 13.8. The number of hydrogen-bond acceptors (Lipinski definition) is 3. The zero-order chi connectivity index (χ0) is 18.3. The molecule has 0 heterocycles. The summed E-state index contributed by atoms with van der Waals surface area (Å²) in [6, 6.07) is 3.05. The third-order valence-electron chi connectivity index (χ3n) is 3.24. The Labute approximate surface area is 144 Å². The van der Waals surface area contributed by atoms with E-state index < -0.39 is 18.6 Å². The molecule has 24 heavy (non-hydrogen) atoms. The van der Waals surface area contributed by atoms with Crippen molar-refractivity contribution in [3.63, 3.8) is 0 Å². The maximum absolute atomic E-state index is 12.0. The number of esters is 1. The number of hydrogen-bond donors (Lipinski definition) is 0. The van der Waals surface area contributed by atoms with E-state index in [0.29, 0.717) is 11.3 Å². The van der Waals surface area contributed by atoms with Gasteiger partial charge in [0, 0.05) is 20.0 Å². The predicted octanol–water partition coefficient (Wildman–Crippen LogP) is 4.76. The van der Waals surface area contributed by atoms with E-state index in [2.05, 4.69) is 4.99 Å². The van der Waals surface area contributed by atoms with Gasteiger partial charge in [0.05, 0.1) is 29.2 Å². The molecule has 0 unspecified atom stereocenters. The molecule has 0 aromatic heterocycles. The van der Waals surface area contributed by atoms with Crippen molar-refractivity contribution < 1.29 is 22.7 Å². The van der Waals surface area contributed by atoms with Crippen molar-refractivity contribution >= 4 is 29.6 Å². The summed E-state index contributed by atoms with van der Waals surface area (Å²) < 4.78 is 41.0. The molecule has 4 nitrogen and oxygen atoms in total. The van der Waals surface area contributed by atoms with Gasteiger partial charge in [-0.05, 0) is 38.0 Å². The molecule has 0 radical (unpaired) electrons. The van der Waals surface area contributed by atoms with Crippen LogP contribution in [-0.2, 0) is 4.74 Å².